The van der Waals surface area contributed by atoms with Gasteiger partial charge in [-0.05, 0) is 0 Å². The Kier molecular flexibility index (Phi) is 41.4. The Balaban J connectivity index is -0.0000000874. The van der Waals surface area contributed by atoms with E-state index in [-0.39, 0.29) is 12.3 Å². The molecule has 0 bridgehead atoms. The minimum atomic E-state index is 0. The van der Waals surface area contributed by atoms with Crippen molar-refractivity contribution in [1.29, 1.82) is 10.8 Å². The molecule has 2 saturated carbocycles. The van der Waals surface area contributed by atoms with Crippen molar-refractivity contribution in [3.05, 3.63) is 0 Å². The quantitative estimate of drug-likeness (QED) is 0.373. The number of isocyanates is 2. The lowest BCUT2D eigenvalue weighted by Crippen LogP contribution is -1.85. The second kappa shape index (κ2) is 30.6. The minimum absolute atomic E-state index is 0. The zero-order chi connectivity index (χ0) is 13.9. The first-order chi connectivity index (χ1) is 8.83. The summed E-state index contributed by atoms with van der Waals surface area (Å²) in [5, 5.41) is 10.8. The fourth-order valence-electron chi connectivity index (χ4n) is 2.12. The highest BCUT2D eigenvalue weighted by Crippen LogP contribution is 2.15. The van der Waals surface area contributed by atoms with Crippen LogP contribution in [0.15, 0.2) is 0 Å². The molecule has 0 radical (unpaired) electrons. The van der Waals surface area contributed by atoms with Gasteiger partial charge in [0, 0.05) is 0 Å². The molecule has 6 heteroatoms. The van der Waals surface area contributed by atoms with Gasteiger partial charge in [-0.2, -0.15) is 0 Å². The first-order valence-corrected chi connectivity index (χ1v) is 6.91. The SMILES string of the molecule is C1CCCCC1.C1CCCCC1.N.N.N=C=O.N=C=O. The van der Waals surface area contributed by atoms with Gasteiger partial charge in [-0.15, -0.1) is 0 Å². The normalized spacial score (nSPS) is 15.2. The van der Waals surface area contributed by atoms with Gasteiger partial charge in [0.25, 0.3) is 0 Å². The van der Waals surface area contributed by atoms with Gasteiger partial charge in [-0.25, -0.2) is 20.4 Å². The molecule has 2 aliphatic rings. The van der Waals surface area contributed by atoms with Crippen LogP contribution in [-0.4, -0.2) is 12.2 Å². The van der Waals surface area contributed by atoms with Crippen molar-refractivity contribution in [1.82, 2.24) is 12.3 Å². The number of hydrogen-bond donors (Lipinski definition) is 4. The summed E-state index contributed by atoms with van der Waals surface area (Å²) in [6, 6.07) is 0. The van der Waals surface area contributed by atoms with Crippen molar-refractivity contribution in [2.24, 2.45) is 0 Å². The summed E-state index contributed by atoms with van der Waals surface area (Å²) >= 11 is 0. The fourth-order valence-corrected chi connectivity index (χ4v) is 2.12. The molecule has 0 aromatic rings. The highest BCUT2D eigenvalue weighted by molar-refractivity contribution is 5.26. The lowest BCUT2D eigenvalue weighted by molar-refractivity contribution is 0.504. The van der Waals surface area contributed by atoms with Crippen molar-refractivity contribution in [3.63, 3.8) is 0 Å². The number of nitrogens with one attached hydrogen (secondary N) is 2. The highest BCUT2D eigenvalue weighted by atomic mass is 16.1. The molecule has 20 heavy (non-hydrogen) atoms. The number of rotatable bonds is 0. The average Bonchev–Trinajstić information content (AvgIpc) is 2.45. The van der Waals surface area contributed by atoms with E-state index in [9.17, 15) is 0 Å². The number of hydrogen-bond acceptors (Lipinski definition) is 6. The maximum Gasteiger partial charge on any atom is 0.231 e. The lowest BCUT2D eigenvalue weighted by Gasteiger charge is -2.05. The van der Waals surface area contributed by atoms with Gasteiger partial charge in [0.1, 0.15) is 0 Å². The standard InChI is InChI=1S/2C6H12.2CHNO.2H3N/c2*1-2-4-6-5-3-1;2*2-1-3;;/h2*1-6H2;2*2H;2*1H3. The van der Waals surface area contributed by atoms with Crippen LogP contribution in [0.25, 0.3) is 0 Å². The largest absolute Gasteiger partial charge is 0.344 e. The third kappa shape index (κ3) is 36.0. The van der Waals surface area contributed by atoms with Gasteiger partial charge in [0.2, 0.25) is 12.2 Å². The Morgan fingerprint density at radius 2 is 0.500 bits per heavy atom. The second-order valence-electron chi connectivity index (χ2n) is 4.45. The van der Waals surface area contributed by atoms with Crippen LogP contribution >= 0.6 is 0 Å². The lowest BCUT2D eigenvalue weighted by atomic mass is 10.0. The molecule has 6 nitrogen and oxygen atoms in total. The molecule has 0 aromatic carbocycles. The average molecular weight is 288 g/mol. The molecule has 0 amide bonds. The molecule has 120 valence electrons. The second-order valence-corrected chi connectivity index (χ2v) is 4.45. The molecule has 2 rings (SSSR count). The van der Waals surface area contributed by atoms with E-state index in [1.165, 1.54) is 77.0 Å². The molecule has 8 N–H and O–H groups in total. The molecule has 2 aliphatic carbocycles. The first kappa shape index (κ1) is 27.1. The molecule has 0 aliphatic heterocycles. The van der Waals surface area contributed by atoms with E-state index in [0.29, 0.717) is 0 Å². The summed E-state index contributed by atoms with van der Waals surface area (Å²) in [5.41, 5.74) is 0. The fraction of sp³-hybridized carbons (Fsp3) is 0.857. The third-order valence-electron chi connectivity index (χ3n) is 3.00. The predicted octanol–water partition coefficient (Wildman–Crippen LogP) is 4.81. The maximum atomic E-state index is 8.35. The maximum absolute atomic E-state index is 8.35. The van der Waals surface area contributed by atoms with Gasteiger partial charge in [-0.1, -0.05) is 77.0 Å². The van der Waals surface area contributed by atoms with E-state index in [1.54, 1.807) is 0 Å². The summed E-state index contributed by atoms with van der Waals surface area (Å²) in [4.78, 5) is 16.7. The molecule has 0 spiro atoms. The third-order valence-corrected chi connectivity index (χ3v) is 3.00. The van der Waals surface area contributed by atoms with Gasteiger partial charge in [0.05, 0.1) is 0 Å². The van der Waals surface area contributed by atoms with E-state index >= 15 is 0 Å². The summed E-state index contributed by atoms with van der Waals surface area (Å²) < 4.78 is 0. The molecule has 0 unspecified atom stereocenters. The van der Waals surface area contributed by atoms with Crippen molar-refractivity contribution in [2.45, 2.75) is 77.0 Å². The summed E-state index contributed by atoms with van der Waals surface area (Å²) in [5.74, 6) is 0. The Bertz CT molecular complexity index is 168. The first-order valence-electron chi connectivity index (χ1n) is 6.91. The zero-order valence-electron chi connectivity index (χ0n) is 12.7. The monoisotopic (exact) mass is 288 g/mol. The van der Waals surface area contributed by atoms with Crippen LogP contribution in [0.1, 0.15) is 77.0 Å². The van der Waals surface area contributed by atoms with E-state index in [0.717, 1.165) is 12.2 Å². The topological polar surface area (TPSA) is 152 Å². The molecular formula is C14H32N4O2. The molecule has 0 saturated heterocycles. The van der Waals surface area contributed by atoms with Crippen LogP contribution < -0.4 is 12.3 Å². The number of carbonyl (C=O) groups excluding carboxylic acids is 2. The predicted molar refractivity (Wildman–Crippen MR) is 82.3 cm³/mol. The summed E-state index contributed by atoms with van der Waals surface area (Å²) in [7, 11) is 0. The van der Waals surface area contributed by atoms with E-state index in [4.69, 9.17) is 20.4 Å². The Morgan fingerprint density at radius 1 is 0.450 bits per heavy atom. The Hall–Kier alpha value is -1.32. The molecule has 0 atom stereocenters. The van der Waals surface area contributed by atoms with Gasteiger partial charge in [0.15, 0.2) is 0 Å². The Labute approximate surface area is 122 Å². The van der Waals surface area contributed by atoms with Crippen LogP contribution in [0.4, 0.5) is 0 Å². The van der Waals surface area contributed by atoms with Crippen LogP contribution in [0.3, 0.4) is 0 Å². The van der Waals surface area contributed by atoms with Gasteiger partial charge >= 0.3 is 0 Å². The molecule has 2 fully saturated rings. The van der Waals surface area contributed by atoms with Gasteiger partial charge in [-0.3, -0.25) is 0 Å². The van der Waals surface area contributed by atoms with Crippen molar-refractivity contribution in [2.75, 3.05) is 0 Å². The minimum Gasteiger partial charge on any atom is -0.344 e. The zero-order valence-corrected chi connectivity index (χ0v) is 12.7. The van der Waals surface area contributed by atoms with Crippen molar-refractivity contribution >= 4 is 12.2 Å². The smallest absolute Gasteiger partial charge is 0.231 e. The van der Waals surface area contributed by atoms with Crippen LogP contribution in [0, 0.1) is 10.8 Å². The van der Waals surface area contributed by atoms with E-state index < -0.39 is 0 Å². The Morgan fingerprint density at radius 3 is 0.550 bits per heavy atom. The van der Waals surface area contributed by atoms with Crippen molar-refractivity contribution in [3.8, 4) is 0 Å². The molecular weight excluding hydrogens is 256 g/mol. The van der Waals surface area contributed by atoms with Crippen LogP contribution in [0.5, 0.6) is 0 Å². The van der Waals surface area contributed by atoms with Crippen LogP contribution in [0.2, 0.25) is 0 Å². The molecule has 0 heterocycles. The van der Waals surface area contributed by atoms with Gasteiger partial charge < -0.3 is 12.3 Å². The van der Waals surface area contributed by atoms with Crippen LogP contribution in [-0.2, 0) is 9.59 Å². The summed E-state index contributed by atoms with van der Waals surface area (Å²) in [6.07, 6.45) is 19.5. The van der Waals surface area contributed by atoms with Crippen molar-refractivity contribution < 1.29 is 9.59 Å². The highest BCUT2D eigenvalue weighted by Gasteiger charge is 1.96. The molecule has 0 aromatic heterocycles. The van der Waals surface area contributed by atoms with E-state index in [1.807, 2.05) is 0 Å². The van der Waals surface area contributed by atoms with E-state index in [2.05, 4.69) is 0 Å². The summed E-state index contributed by atoms with van der Waals surface area (Å²) in [6.45, 7) is 0.